The van der Waals surface area contributed by atoms with Gasteiger partial charge in [-0.1, -0.05) is 5.11 Å². The molecule has 0 heterocycles. The van der Waals surface area contributed by atoms with Gasteiger partial charge < -0.3 is 26.6 Å². The Labute approximate surface area is 150 Å². The number of carboxylic acid groups (broad SMARTS) is 2. The molecule has 0 saturated heterocycles. The summed E-state index contributed by atoms with van der Waals surface area (Å²) in [6.07, 6.45) is -3.56. The molecule has 0 radical (unpaired) electrons. The quantitative estimate of drug-likeness (QED) is 0.143. The maximum Gasteiger partial charge on any atom is 0.490 e. The van der Waals surface area contributed by atoms with Crippen LogP contribution in [0, 0.1) is 0 Å². The lowest BCUT2D eigenvalue weighted by Gasteiger charge is -2.07. The molecule has 0 aliphatic heterocycles. The van der Waals surface area contributed by atoms with Gasteiger partial charge in [0.25, 0.3) is 0 Å². The molecule has 6 N–H and O–H groups in total. The Hall–Kier alpha value is -3.06. The van der Waals surface area contributed by atoms with Crippen LogP contribution in [0.1, 0.15) is 19.3 Å². The highest BCUT2D eigenvalue weighted by Gasteiger charge is 2.38. The van der Waals surface area contributed by atoms with Gasteiger partial charge in [0.1, 0.15) is 12.6 Å². The molecule has 0 aliphatic rings. The molecular weight excluding hydrogens is 381 g/mol. The molecule has 0 aliphatic carbocycles. The van der Waals surface area contributed by atoms with Gasteiger partial charge in [-0.05, 0) is 24.8 Å². The second-order valence-electron chi connectivity index (χ2n) is 4.76. The topological polar surface area (TPSA) is 208 Å². The Morgan fingerprint density at radius 3 is 2.11 bits per heavy atom. The third-order valence-corrected chi connectivity index (χ3v) is 2.55. The number of carbonyl (C=O) groups is 4. The number of amides is 2. The molecule has 15 heteroatoms. The first-order valence-corrected chi connectivity index (χ1v) is 7.24. The van der Waals surface area contributed by atoms with Crippen molar-refractivity contribution in [3.05, 3.63) is 10.4 Å². The number of nitrogens with one attached hydrogen (secondary N) is 2. The van der Waals surface area contributed by atoms with Gasteiger partial charge in [0.2, 0.25) is 11.8 Å². The van der Waals surface area contributed by atoms with Crippen molar-refractivity contribution in [1.82, 2.24) is 10.6 Å². The van der Waals surface area contributed by atoms with E-state index >= 15 is 0 Å². The standard InChI is InChI=1S/C10H18N6O4.C2HF3O2/c11-7(10(19)20)3-1-2-4-13-8(17)5-14-9(18)6-15-16-12;3-2(4,5)1(6)7/h7H,1-6,11H2,(H,13,17)(H,14,18)(H,19,20);(H,6,7)/t7-;/m0./s1. The van der Waals surface area contributed by atoms with Crippen LogP contribution in [-0.2, 0) is 19.2 Å². The van der Waals surface area contributed by atoms with Gasteiger partial charge in [-0.2, -0.15) is 13.2 Å². The third-order valence-electron chi connectivity index (χ3n) is 2.55. The van der Waals surface area contributed by atoms with Crippen LogP contribution in [-0.4, -0.2) is 65.8 Å². The molecule has 0 spiro atoms. The van der Waals surface area contributed by atoms with Gasteiger partial charge in [-0.15, -0.1) is 0 Å². The van der Waals surface area contributed by atoms with Crippen molar-refractivity contribution in [2.24, 2.45) is 10.8 Å². The highest BCUT2D eigenvalue weighted by Crippen LogP contribution is 2.13. The first-order chi connectivity index (χ1) is 12.4. The van der Waals surface area contributed by atoms with E-state index in [0.29, 0.717) is 25.8 Å². The minimum atomic E-state index is -5.08. The van der Waals surface area contributed by atoms with E-state index in [1.807, 2.05) is 0 Å². The average molecular weight is 400 g/mol. The lowest BCUT2D eigenvalue weighted by molar-refractivity contribution is -0.192. The first-order valence-electron chi connectivity index (χ1n) is 7.24. The predicted octanol–water partition coefficient (Wildman–Crippen LogP) is -0.255. The SMILES string of the molecule is O=C(O)C(F)(F)F.[N-]=[N+]=NCC(=O)NCC(=O)NCCCC[C@H](N)C(=O)O. The number of unbranched alkanes of at least 4 members (excludes halogenated alkanes) is 1. The number of nitrogens with two attached hydrogens (primary N) is 1. The summed E-state index contributed by atoms with van der Waals surface area (Å²) in [5.74, 6) is -4.71. The number of alkyl halides is 3. The number of rotatable bonds is 10. The second kappa shape index (κ2) is 14.1. The average Bonchev–Trinajstić information content (AvgIpc) is 2.57. The lowest BCUT2D eigenvalue weighted by atomic mass is 10.1. The maximum atomic E-state index is 11.3. The summed E-state index contributed by atoms with van der Waals surface area (Å²) in [6, 6.07) is -0.884. The van der Waals surface area contributed by atoms with Crippen LogP contribution in [0.4, 0.5) is 13.2 Å². The van der Waals surface area contributed by atoms with Crippen LogP contribution in [0.3, 0.4) is 0 Å². The van der Waals surface area contributed by atoms with Gasteiger partial charge >= 0.3 is 18.1 Å². The molecule has 0 rings (SSSR count). The number of azide groups is 1. The van der Waals surface area contributed by atoms with Gasteiger partial charge in [0.15, 0.2) is 0 Å². The van der Waals surface area contributed by atoms with Gasteiger partial charge in [-0.3, -0.25) is 14.4 Å². The third kappa shape index (κ3) is 17.6. The number of hydrogen-bond donors (Lipinski definition) is 5. The largest absolute Gasteiger partial charge is 0.490 e. The molecule has 0 bridgehead atoms. The maximum absolute atomic E-state index is 11.3. The Balaban J connectivity index is 0. The Morgan fingerprint density at radius 1 is 1.11 bits per heavy atom. The summed E-state index contributed by atoms with van der Waals surface area (Å²) in [7, 11) is 0. The zero-order valence-corrected chi connectivity index (χ0v) is 13.9. The Morgan fingerprint density at radius 2 is 1.67 bits per heavy atom. The summed E-state index contributed by atoms with van der Waals surface area (Å²) in [5.41, 5.74) is 13.3. The van der Waals surface area contributed by atoms with E-state index in [0.717, 1.165) is 0 Å². The molecule has 0 unspecified atom stereocenters. The van der Waals surface area contributed by atoms with E-state index in [1.54, 1.807) is 0 Å². The zero-order chi connectivity index (χ0) is 21.5. The summed E-state index contributed by atoms with van der Waals surface area (Å²) >= 11 is 0. The van der Waals surface area contributed by atoms with E-state index in [1.165, 1.54) is 0 Å². The number of aliphatic carboxylic acids is 2. The monoisotopic (exact) mass is 400 g/mol. The van der Waals surface area contributed by atoms with E-state index in [2.05, 4.69) is 20.7 Å². The van der Waals surface area contributed by atoms with Crippen LogP contribution in [0.25, 0.3) is 10.4 Å². The Kier molecular flexibility index (Phi) is 13.7. The summed E-state index contributed by atoms with van der Waals surface area (Å²) < 4.78 is 31.7. The molecule has 0 aromatic carbocycles. The smallest absolute Gasteiger partial charge is 0.480 e. The normalized spacial score (nSPS) is 11.1. The van der Waals surface area contributed by atoms with E-state index in [-0.39, 0.29) is 19.0 Å². The van der Waals surface area contributed by atoms with Crippen molar-refractivity contribution in [2.75, 3.05) is 19.6 Å². The molecule has 1 atom stereocenters. The number of carbonyl (C=O) groups excluding carboxylic acids is 2. The number of nitrogens with zero attached hydrogens (tertiary/aromatic N) is 3. The summed E-state index contributed by atoms with van der Waals surface area (Å²) in [4.78, 5) is 44.0. The van der Waals surface area contributed by atoms with Crippen LogP contribution in [0.15, 0.2) is 5.11 Å². The minimum Gasteiger partial charge on any atom is -0.480 e. The summed E-state index contributed by atoms with van der Waals surface area (Å²) in [6.45, 7) is -0.178. The fourth-order valence-corrected chi connectivity index (χ4v) is 1.23. The molecule has 0 aromatic rings. The van der Waals surface area contributed by atoms with Crippen LogP contribution >= 0.6 is 0 Å². The van der Waals surface area contributed by atoms with Gasteiger partial charge in [0.05, 0.1) is 6.54 Å². The molecule has 27 heavy (non-hydrogen) atoms. The second-order valence-corrected chi connectivity index (χ2v) is 4.76. The predicted molar refractivity (Wildman–Crippen MR) is 83.2 cm³/mol. The van der Waals surface area contributed by atoms with Crippen molar-refractivity contribution < 1.29 is 42.6 Å². The minimum absolute atomic E-state index is 0.200. The number of halogens is 3. The van der Waals surface area contributed by atoms with Crippen molar-refractivity contribution in [1.29, 1.82) is 0 Å². The lowest BCUT2D eigenvalue weighted by Crippen LogP contribution is -2.38. The van der Waals surface area contributed by atoms with Crippen LogP contribution in [0.2, 0.25) is 0 Å². The molecule has 0 saturated carbocycles. The van der Waals surface area contributed by atoms with E-state index in [4.69, 9.17) is 26.3 Å². The number of carboxylic acids is 2. The molecular formula is C12H19F3N6O6. The first kappa shape index (κ1) is 26.2. The highest BCUT2D eigenvalue weighted by atomic mass is 19.4. The molecule has 0 fully saturated rings. The Bertz CT molecular complexity index is 564. The van der Waals surface area contributed by atoms with E-state index < -0.39 is 30.1 Å². The fraction of sp³-hybridized carbons (Fsp3) is 0.667. The van der Waals surface area contributed by atoms with Crippen LogP contribution < -0.4 is 16.4 Å². The van der Waals surface area contributed by atoms with Crippen molar-refractivity contribution >= 4 is 23.8 Å². The van der Waals surface area contributed by atoms with Crippen molar-refractivity contribution in [3.8, 4) is 0 Å². The highest BCUT2D eigenvalue weighted by molar-refractivity contribution is 5.85. The van der Waals surface area contributed by atoms with Gasteiger partial charge in [-0.25, -0.2) is 4.79 Å². The molecule has 0 aromatic heterocycles. The van der Waals surface area contributed by atoms with Crippen molar-refractivity contribution in [2.45, 2.75) is 31.5 Å². The molecule has 154 valence electrons. The number of hydrogen-bond acceptors (Lipinski definition) is 6. The van der Waals surface area contributed by atoms with E-state index in [9.17, 15) is 27.6 Å². The fourth-order valence-electron chi connectivity index (χ4n) is 1.23. The zero-order valence-electron chi connectivity index (χ0n) is 13.9. The summed E-state index contributed by atoms with van der Waals surface area (Å²) in [5, 5.41) is 23.5. The molecule has 12 nitrogen and oxygen atoms in total. The van der Waals surface area contributed by atoms with Gasteiger partial charge in [0, 0.05) is 11.5 Å². The van der Waals surface area contributed by atoms with Crippen molar-refractivity contribution in [3.63, 3.8) is 0 Å². The molecule has 2 amide bonds. The van der Waals surface area contributed by atoms with Crippen LogP contribution in [0.5, 0.6) is 0 Å².